The van der Waals surface area contributed by atoms with Gasteiger partial charge < -0.3 is 9.47 Å². The Bertz CT molecular complexity index is 470. The predicted octanol–water partition coefficient (Wildman–Crippen LogP) is 3.50. The molecule has 0 saturated carbocycles. The Hall–Kier alpha value is -0.870. The van der Waals surface area contributed by atoms with Gasteiger partial charge in [0, 0.05) is 10.4 Å². The lowest BCUT2D eigenvalue weighted by Crippen LogP contribution is -2.27. The Morgan fingerprint density at radius 2 is 2.28 bits per heavy atom. The first-order valence-corrected chi connectivity index (χ1v) is 6.92. The van der Waals surface area contributed by atoms with E-state index >= 15 is 0 Å². The fourth-order valence-corrected chi connectivity index (χ4v) is 3.32. The van der Waals surface area contributed by atoms with Gasteiger partial charge in [0.2, 0.25) is 0 Å². The number of hydrogen-bond acceptors (Lipinski definition) is 3. The van der Waals surface area contributed by atoms with Crippen molar-refractivity contribution in [2.45, 2.75) is 32.8 Å². The molecule has 0 aliphatic carbocycles. The highest BCUT2D eigenvalue weighted by atomic mass is 79.9. The molecule has 1 aromatic carbocycles. The van der Waals surface area contributed by atoms with Gasteiger partial charge in [0.05, 0.1) is 13.2 Å². The molecule has 2 atom stereocenters. The summed E-state index contributed by atoms with van der Waals surface area (Å²) in [7, 11) is 0. The molecule has 1 heterocycles. The molecule has 0 radical (unpaired) electrons. The Balaban J connectivity index is 2.46. The number of carbonyl (C=O) groups is 1. The molecule has 0 saturated heterocycles. The van der Waals surface area contributed by atoms with Crippen molar-refractivity contribution >= 4 is 21.9 Å². The predicted molar refractivity (Wildman–Crippen MR) is 72.6 cm³/mol. The molecule has 18 heavy (non-hydrogen) atoms. The average molecular weight is 313 g/mol. The zero-order valence-corrected chi connectivity index (χ0v) is 12.4. The van der Waals surface area contributed by atoms with Crippen molar-refractivity contribution in [2.75, 3.05) is 13.2 Å². The number of aryl methyl sites for hydroxylation is 1. The van der Waals surface area contributed by atoms with E-state index in [0.717, 1.165) is 21.2 Å². The van der Waals surface area contributed by atoms with Gasteiger partial charge in [-0.05, 0) is 36.6 Å². The molecular formula is C14H17BrO3. The molecule has 0 bridgehead atoms. The van der Waals surface area contributed by atoms with Gasteiger partial charge in [0.1, 0.15) is 0 Å². The third kappa shape index (κ3) is 2.45. The lowest BCUT2D eigenvalue weighted by atomic mass is 9.89. The van der Waals surface area contributed by atoms with Crippen molar-refractivity contribution in [1.82, 2.24) is 0 Å². The summed E-state index contributed by atoms with van der Waals surface area (Å²) in [6, 6.07) is 4.08. The lowest BCUT2D eigenvalue weighted by molar-refractivity contribution is -0.158. The zero-order valence-electron chi connectivity index (χ0n) is 10.8. The molecule has 1 aromatic rings. The van der Waals surface area contributed by atoms with Crippen LogP contribution in [0.5, 0.6) is 0 Å². The van der Waals surface area contributed by atoms with E-state index < -0.39 is 6.10 Å². The number of fused-ring (bicyclic) bond motifs is 1. The smallest absolute Gasteiger partial charge is 0.339 e. The van der Waals surface area contributed by atoms with Crippen LogP contribution in [0.3, 0.4) is 0 Å². The topological polar surface area (TPSA) is 35.5 Å². The molecule has 3 nitrogen and oxygen atoms in total. The first-order chi connectivity index (χ1) is 8.54. The van der Waals surface area contributed by atoms with Crippen molar-refractivity contribution in [2.24, 2.45) is 0 Å². The van der Waals surface area contributed by atoms with Crippen LogP contribution in [0.4, 0.5) is 0 Å². The highest BCUT2D eigenvalue weighted by Gasteiger charge is 2.33. The van der Waals surface area contributed by atoms with E-state index in [1.165, 1.54) is 0 Å². The van der Waals surface area contributed by atoms with Crippen LogP contribution in [0.25, 0.3) is 0 Å². The van der Waals surface area contributed by atoms with Gasteiger partial charge in [-0.15, -0.1) is 0 Å². The summed E-state index contributed by atoms with van der Waals surface area (Å²) in [4.78, 5) is 11.9. The summed E-state index contributed by atoms with van der Waals surface area (Å²) in [5, 5.41) is 0. The van der Waals surface area contributed by atoms with Crippen LogP contribution < -0.4 is 0 Å². The number of ether oxygens (including phenoxy) is 2. The maximum Gasteiger partial charge on any atom is 0.339 e. The highest BCUT2D eigenvalue weighted by molar-refractivity contribution is 9.10. The molecule has 1 aliphatic rings. The van der Waals surface area contributed by atoms with Crippen LogP contribution in [-0.2, 0) is 14.3 Å². The summed E-state index contributed by atoms with van der Waals surface area (Å²) >= 11 is 3.58. The van der Waals surface area contributed by atoms with E-state index in [1.807, 2.05) is 13.0 Å². The van der Waals surface area contributed by atoms with E-state index in [9.17, 15) is 4.79 Å². The fraction of sp³-hybridized carbons (Fsp3) is 0.500. The van der Waals surface area contributed by atoms with Gasteiger partial charge in [0.15, 0.2) is 6.10 Å². The Kier molecular flexibility index (Phi) is 4.07. The van der Waals surface area contributed by atoms with Gasteiger partial charge in [-0.2, -0.15) is 0 Å². The monoisotopic (exact) mass is 312 g/mol. The zero-order chi connectivity index (χ0) is 13.3. The molecule has 1 aliphatic heterocycles. The molecular weight excluding hydrogens is 296 g/mol. The molecule has 0 aromatic heterocycles. The lowest BCUT2D eigenvalue weighted by Gasteiger charge is -2.30. The van der Waals surface area contributed by atoms with E-state index in [2.05, 4.69) is 28.9 Å². The number of benzene rings is 1. The highest BCUT2D eigenvalue weighted by Crippen LogP contribution is 2.39. The minimum atomic E-state index is -0.590. The van der Waals surface area contributed by atoms with E-state index in [-0.39, 0.29) is 11.9 Å². The van der Waals surface area contributed by atoms with Crippen LogP contribution in [-0.4, -0.2) is 19.2 Å². The first-order valence-electron chi connectivity index (χ1n) is 6.12. The fourth-order valence-electron chi connectivity index (χ4n) is 2.34. The SMILES string of the molecule is CCOC(=O)C1OCC(C)c2c(Br)cc(C)cc21. The maximum absolute atomic E-state index is 11.9. The largest absolute Gasteiger partial charge is 0.464 e. The molecule has 2 unspecified atom stereocenters. The van der Waals surface area contributed by atoms with Crippen LogP contribution in [0, 0.1) is 6.92 Å². The van der Waals surface area contributed by atoms with E-state index in [4.69, 9.17) is 9.47 Å². The number of esters is 1. The van der Waals surface area contributed by atoms with Gasteiger partial charge in [0.25, 0.3) is 0 Å². The maximum atomic E-state index is 11.9. The second kappa shape index (κ2) is 5.41. The summed E-state index contributed by atoms with van der Waals surface area (Å²) in [6.45, 7) is 6.82. The van der Waals surface area contributed by atoms with Crippen LogP contribution in [0.1, 0.15) is 42.6 Å². The van der Waals surface area contributed by atoms with Crippen molar-refractivity contribution < 1.29 is 14.3 Å². The Morgan fingerprint density at radius 3 is 2.94 bits per heavy atom. The van der Waals surface area contributed by atoms with Crippen molar-refractivity contribution in [3.05, 3.63) is 33.3 Å². The second-order valence-corrected chi connectivity index (χ2v) is 5.47. The quantitative estimate of drug-likeness (QED) is 0.784. The van der Waals surface area contributed by atoms with Crippen LogP contribution in [0.2, 0.25) is 0 Å². The molecule has 4 heteroatoms. The van der Waals surface area contributed by atoms with E-state index in [1.54, 1.807) is 6.92 Å². The Labute approximate surface area is 116 Å². The molecule has 0 fully saturated rings. The first kappa shape index (κ1) is 13.6. The number of carbonyl (C=O) groups excluding carboxylic acids is 1. The number of hydrogen-bond donors (Lipinski definition) is 0. The number of halogens is 1. The molecule has 0 spiro atoms. The minimum absolute atomic E-state index is 0.278. The Morgan fingerprint density at radius 1 is 1.56 bits per heavy atom. The van der Waals surface area contributed by atoms with Crippen molar-refractivity contribution in [3.8, 4) is 0 Å². The van der Waals surface area contributed by atoms with Gasteiger partial charge in [-0.3, -0.25) is 0 Å². The summed E-state index contributed by atoms with van der Waals surface area (Å²) in [6.07, 6.45) is -0.590. The minimum Gasteiger partial charge on any atom is -0.464 e. The standard InChI is InChI=1S/C14H17BrO3/c1-4-17-14(16)13-10-5-8(2)6-11(15)12(10)9(3)7-18-13/h5-6,9,13H,4,7H2,1-3H3. The summed E-state index contributed by atoms with van der Waals surface area (Å²) in [5.41, 5.74) is 3.19. The third-order valence-electron chi connectivity index (χ3n) is 3.09. The average Bonchev–Trinajstić information content (AvgIpc) is 2.28. The van der Waals surface area contributed by atoms with Gasteiger partial charge in [-0.25, -0.2) is 4.79 Å². The van der Waals surface area contributed by atoms with Crippen LogP contribution in [0.15, 0.2) is 16.6 Å². The van der Waals surface area contributed by atoms with Crippen molar-refractivity contribution in [1.29, 1.82) is 0 Å². The second-order valence-electron chi connectivity index (χ2n) is 4.62. The van der Waals surface area contributed by atoms with Crippen molar-refractivity contribution in [3.63, 3.8) is 0 Å². The normalized spacial score (nSPS) is 22.4. The summed E-state index contributed by atoms with van der Waals surface area (Å²) in [5.74, 6) is -0.0243. The third-order valence-corrected chi connectivity index (χ3v) is 3.75. The number of rotatable bonds is 2. The van der Waals surface area contributed by atoms with E-state index in [0.29, 0.717) is 13.2 Å². The molecule has 0 N–H and O–H groups in total. The molecule has 2 rings (SSSR count). The summed E-state index contributed by atoms with van der Waals surface area (Å²) < 4.78 is 11.8. The van der Waals surface area contributed by atoms with Crippen LogP contribution >= 0.6 is 15.9 Å². The molecule has 98 valence electrons. The molecule has 0 amide bonds. The van der Waals surface area contributed by atoms with Gasteiger partial charge in [-0.1, -0.05) is 28.9 Å². The van der Waals surface area contributed by atoms with Gasteiger partial charge >= 0.3 is 5.97 Å².